The molecular weight excluding hydrogens is 397 g/mol. The second-order valence-corrected chi connectivity index (χ2v) is 8.80. The number of hydrogen-bond donors (Lipinski definition) is 1. The standard InChI is InChI=1S/C20H24FN3O4S/c1-23(29(26,27)19-8-4-17(21)5-9-19)15-20(25)22-14-16-2-6-18(7-3-16)24-10-12-28-13-11-24/h2-9H,10-15H2,1H3,(H,22,25). The number of rotatable bonds is 7. The molecule has 2 aromatic carbocycles. The van der Waals surface area contributed by atoms with Gasteiger partial charge in [0.25, 0.3) is 0 Å². The predicted octanol–water partition coefficient (Wildman–Crippen LogP) is 1.60. The summed E-state index contributed by atoms with van der Waals surface area (Å²) in [5.41, 5.74) is 2.02. The van der Waals surface area contributed by atoms with Crippen molar-refractivity contribution in [2.45, 2.75) is 11.4 Å². The highest BCUT2D eigenvalue weighted by Crippen LogP contribution is 2.17. The molecule has 1 N–H and O–H groups in total. The van der Waals surface area contributed by atoms with Gasteiger partial charge in [-0.3, -0.25) is 4.79 Å². The molecule has 7 nitrogen and oxygen atoms in total. The van der Waals surface area contributed by atoms with Gasteiger partial charge in [0.2, 0.25) is 15.9 Å². The number of amides is 1. The zero-order valence-electron chi connectivity index (χ0n) is 16.2. The van der Waals surface area contributed by atoms with Gasteiger partial charge >= 0.3 is 0 Å². The van der Waals surface area contributed by atoms with Crippen molar-refractivity contribution in [2.75, 3.05) is 44.8 Å². The largest absolute Gasteiger partial charge is 0.378 e. The van der Waals surface area contributed by atoms with Crippen molar-refractivity contribution in [2.24, 2.45) is 0 Å². The molecule has 0 atom stereocenters. The molecule has 0 radical (unpaired) electrons. The molecule has 1 heterocycles. The lowest BCUT2D eigenvalue weighted by Crippen LogP contribution is -2.38. The molecule has 2 aromatic rings. The lowest BCUT2D eigenvalue weighted by atomic mass is 10.2. The normalized spacial score (nSPS) is 14.8. The quantitative estimate of drug-likeness (QED) is 0.735. The smallest absolute Gasteiger partial charge is 0.243 e. The van der Waals surface area contributed by atoms with Gasteiger partial charge in [0, 0.05) is 32.4 Å². The van der Waals surface area contributed by atoms with Gasteiger partial charge in [0.1, 0.15) is 5.82 Å². The molecule has 1 fully saturated rings. The Morgan fingerprint density at radius 3 is 2.34 bits per heavy atom. The summed E-state index contributed by atoms with van der Waals surface area (Å²) in [6.07, 6.45) is 0. The fourth-order valence-corrected chi connectivity index (χ4v) is 4.10. The van der Waals surface area contributed by atoms with E-state index in [4.69, 9.17) is 4.74 Å². The highest BCUT2D eigenvalue weighted by Gasteiger charge is 2.22. The maximum atomic E-state index is 13.0. The van der Waals surface area contributed by atoms with E-state index in [1.54, 1.807) is 0 Å². The number of morpholine rings is 1. The summed E-state index contributed by atoms with van der Waals surface area (Å²) in [7, 11) is -2.55. The molecule has 1 aliphatic rings. The Kier molecular flexibility index (Phi) is 6.83. The first-order chi connectivity index (χ1) is 13.9. The van der Waals surface area contributed by atoms with Gasteiger partial charge in [-0.1, -0.05) is 12.1 Å². The Balaban J connectivity index is 1.52. The number of anilines is 1. The first-order valence-electron chi connectivity index (χ1n) is 9.26. The minimum atomic E-state index is -3.86. The molecule has 1 aliphatic heterocycles. The van der Waals surface area contributed by atoms with E-state index in [2.05, 4.69) is 10.2 Å². The molecule has 156 valence electrons. The minimum Gasteiger partial charge on any atom is -0.378 e. The molecule has 9 heteroatoms. The molecule has 1 amide bonds. The van der Waals surface area contributed by atoms with E-state index in [9.17, 15) is 17.6 Å². The zero-order chi connectivity index (χ0) is 20.9. The summed E-state index contributed by atoms with van der Waals surface area (Å²) in [5, 5.41) is 2.72. The van der Waals surface area contributed by atoms with Crippen LogP contribution in [0.2, 0.25) is 0 Å². The van der Waals surface area contributed by atoms with Crippen LogP contribution in [-0.4, -0.2) is 58.5 Å². The number of carbonyl (C=O) groups excluding carboxylic acids is 1. The molecule has 0 spiro atoms. The van der Waals surface area contributed by atoms with Crippen LogP contribution in [0.4, 0.5) is 10.1 Å². The van der Waals surface area contributed by atoms with Gasteiger partial charge in [0.15, 0.2) is 0 Å². The van der Waals surface area contributed by atoms with Crippen molar-refractivity contribution in [3.63, 3.8) is 0 Å². The van der Waals surface area contributed by atoms with Crippen LogP contribution >= 0.6 is 0 Å². The zero-order valence-corrected chi connectivity index (χ0v) is 17.0. The maximum Gasteiger partial charge on any atom is 0.243 e. The van der Waals surface area contributed by atoms with Crippen LogP contribution in [0.5, 0.6) is 0 Å². The third-order valence-corrected chi connectivity index (χ3v) is 6.51. The summed E-state index contributed by atoms with van der Waals surface area (Å²) in [5.74, 6) is -0.945. The van der Waals surface area contributed by atoms with E-state index >= 15 is 0 Å². The van der Waals surface area contributed by atoms with Crippen molar-refractivity contribution in [1.29, 1.82) is 0 Å². The van der Waals surface area contributed by atoms with Crippen molar-refractivity contribution >= 4 is 21.6 Å². The minimum absolute atomic E-state index is 0.0621. The topological polar surface area (TPSA) is 79.0 Å². The summed E-state index contributed by atoms with van der Waals surface area (Å²) < 4.78 is 44.2. The van der Waals surface area contributed by atoms with Crippen LogP contribution in [-0.2, 0) is 26.1 Å². The second-order valence-electron chi connectivity index (χ2n) is 6.76. The van der Waals surface area contributed by atoms with Crippen LogP contribution < -0.4 is 10.2 Å². The SMILES string of the molecule is CN(CC(=O)NCc1ccc(N2CCOCC2)cc1)S(=O)(=O)c1ccc(F)cc1. The molecule has 1 saturated heterocycles. The van der Waals surface area contributed by atoms with Crippen molar-refractivity contribution in [3.05, 3.63) is 59.9 Å². The number of nitrogens with one attached hydrogen (secondary N) is 1. The Morgan fingerprint density at radius 2 is 1.72 bits per heavy atom. The maximum absolute atomic E-state index is 13.0. The third kappa shape index (κ3) is 5.53. The van der Waals surface area contributed by atoms with Crippen LogP contribution in [0.15, 0.2) is 53.4 Å². The van der Waals surface area contributed by atoms with E-state index in [1.807, 2.05) is 24.3 Å². The van der Waals surface area contributed by atoms with E-state index < -0.39 is 21.7 Å². The average molecular weight is 421 g/mol. The highest BCUT2D eigenvalue weighted by atomic mass is 32.2. The number of benzene rings is 2. The number of carbonyl (C=O) groups is 1. The summed E-state index contributed by atoms with van der Waals surface area (Å²) in [6, 6.07) is 12.4. The molecule has 0 aliphatic carbocycles. The number of halogens is 1. The van der Waals surface area contributed by atoms with Crippen LogP contribution in [0, 0.1) is 5.82 Å². The number of likely N-dealkylation sites (N-methyl/N-ethyl adjacent to an activating group) is 1. The van der Waals surface area contributed by atoms with Gasteiger partial charge < -0.3 is 15.0 Å². The van der Waals surface area contributed by atoms with Gasteiger partial charge in [0.05, 0.1) is 24.7 Å². The molecular formula is C20H24FN3O4S. The van der Waals surface area contributed by atoms with E-state index in [0.717, 1.165) is 40.8 Å². The molecule has 3 rings (SSSR count). The third-order valence-electron chi connectivity index (χ3n) is 4.69. The van der Waals surface area contributed by atoms with Crippen molar-refractivity contribution < 1.29 is 22.3 Å². The van der Waals surface area contributed by atoms with Crippen LogP contribution in [0.3, 0.4) is 0 Å². The average Bonchev–Trinajstić information content (AvgIpc) is 2.73. The fraction of sp³-hybridized carbons (Fsp3) is 0.350. The second kappa shape index (κ2) is 9.34. The Hall–Kier alpha value is -2.49. The Labute approximate surface area is 170 Å². The first kappa shape index (κ1) is 21.2. The molecule has 0 aromatic heterocycles. The number of ether oxygens (including phenoxy) is 1. The van der Waals surface area contributed by atoms with Gasteiger partial charge in [-0.15, -0.1) is 0 Å². The monoisotopic (exact) mass is 421 g/mol. The molecule has 0 saturated carbocycles. The van der Waals surface area contributed by atoms with Crippen LogP contribution in [0.25, 0.3) is 0 Å². The number of nitrogens with zero attached hydrogens (tertiary/aromatic N) is 2. The fourth-order valence-electron chi connectivity index (χ4n) is 2.98. The van der Waals surface area contributed by atoms with Gasteiger partial charge in [-0.2, -0.15) is 4.31 Å². The summed E-state index contributed by atoms with van der Waals surface area (Å²) in [4.78, 5) is 14.3. The highest BCUT2D eigenvalue weighted by molar-refractivity contribution is 7.89. The lowest BCUT2D eigenvalue weighted by Gasteiger charge is -2.28. The lowest BCUT2D eigenvalue weighted by molar-refractivity contribution is -0.121. The first-order valence-corrected chi connectivity index (χ1v) is 10.7. The van der Waals surface area contributed by atoms with E-state index in [1.165, 1.54) is 19.2 Å². The molecule has 0 bridgehead atoms. The van der Waals surface area contributed by atoms with Crippen molar-refractivity contribution in [3.8, 4) is 0 Å². The predicted molar refractivity (Wildman–Crippen MR) is 108 cm³/mol. The number of sulfonamides is 1. The Bertz CT molecular complexity index is 927. The number of hydrogen-bond acceptors (Lipinski definition) is 5. The Morgan fingerprint density at radius 1 is 1.10 bits per heavy atom. The summed E-state index contributed by atoms with van der Waals surface area (Å²) >= 11 is 0. The molecule has 0 unspecified atom stereocenters. The summed E-state index contributed by atoms with van der Waals surface area (Å²) in [6.45, 7) is 3.10. The van der Waals surface area contributed by atoms with Gasteiger partial charge in [-0.25, -0.2) is 12.8 Å². The van der Waals surface area contributed by atoms with Crippen LogP contribution in [0.1, 0.15) is 5.56 Å². The van der Waals surface area contributed by atoms with E-state index in [-0.39, 0.29) is 11.4 Å². The van der Waals surface area contributed by atoms with Gasteiger partial charge in [-0.05, 0) is 42.0 Å². The van der Waals surface area contributed by atoms with Crippen molar-refractivity contribution in [1.82, 2.24) is 9.62 Å². The van der Waals surface area contributed by atoms with E-state index in [0.29, 0.717) is 19.8 Å². The molecule has 29 heavy (non-hydrogen) atoms.